The summed E-state index contributed by atoms with van der Waals surface area (Å²) in [6, 6.07) is 0. The summed E-state index contributed by atoms with van der Waals surface area (Å²) in [6.45, 7) is 6.86. The Bertz CT molecular complexity index is 1040. The topological polar surface area (TPSA) is 121 Å². The van der Waals surface area contributed by atoms with Crippen molar-refractivity contribution in [1.82, 2.24) is 0 Å². The summed E-state index contributed by atoms with van der Waals surface area (Å²) in [7, 11) is 0. The van der Waals surface area contributed by atoms with Crippen LogP contribution in [0, 0.1) is 5.41 Å². The van der Waals surface area contributed by atoms with Gasteiger partial charge >= 0.3 is 17.9 Å². The molecule has 0 bridgehead atoms. The maximum Gasteiger partial charge on any atom is 0.337 e. The Balaban J connectivity index is 5.16. The molecule has 1 atom stereocenters. The zero-order valence-corrected chi connectivity index (χ0v) is 45.2. The van der Waals surface area contributed by atoms with E-state index in [1.807, 2.05) is 0 Å². The van der Waals surface area contributed by atoms with Gasteiger partial charge in [-0.2, -0.15) is 0 Å². The average Bonchev–Trinajstić information content (AvgIpc) is 3.30. The van der Waals surface area contributed by atoms with Crippen molar-refractivity contribution in [2.24, 2.45) is 5.41 Å². The Morgan fingerprint density at radius 2 is 0.507 bits per heavy atom. The average molecular weight is 950 g/mol. The molecule has 67 heavy (non-hydrogen) atoms. The number of unbranched alkanes of at least 4 members (excludes halogenated alkanes) is 45. The molecule has 0 saturated carbocycles. The fraction of sp³-hybridized carbons (Fsp3) is 0.950. The van der Waals surface area contributed by atoms with Crippen molar-refractivity contribution in [3.63, 3.8) is 0 Å². The van der Waals surface area contributed by atoms with E-state index in [1.54, 1.807) is 0 Å². The summed E-state index contributed by atoms with van der Waals surface area (Å²) in [5.41, 5.74) is -4.12. The zero-order chi connectivity index (χ0) is 49.2. The van der Waals surface area contributed by atoms with Crippen LogP contribution in [-0.4, -0.2) is 45.4 Å². The van der Waals surface area contributed by atoms with Crippen molar-refractivity contribution in [3.8, 4) is 0 Å². The Hall–Kier alpha value is -1.63. The first-order valence-corrected chi connectivity index (χ1v) is 30.1. The molecule has 0 radical (unpaired) electrons. The first-order valence-electron chi connectivity index (χ1n) is 30.1. The molecule has 0 heterocycles. The van der Waals surface area contributed by atoms with Gasteiger partial charge in [-0.1, -0.05) is 323 Å². The fourth-order valence-corrected chi connectivity index (χ4v) is 10.7. The van der Waals surface area contributed by atoms with E-state index in [-0.39, 0.29) is 19.4 Å². The van der Waals surface area contributed by atoms with Crippen LogP contribution in [0.2, 0.25) is 0 Å². The lowest BCUT2D eigenvalue weighted by Crippen LogP contribution is -2.61. The van der Waals surface area contributed by atoms with Gasteiger partial charge < -0.3 is 20.1 Å². The number of carboxylic acid groups (broad SMARTS) is 3. The monoisotopic (exact) mass is 949 g/mol. The quantitative estimate of drug-likeness (QED) is 0.0519. The van der Waals surface area contributed by atoms with Crippen LogP contribution in [0.1, 0.15) is 348 Å². The highest BCUT2D eigenvalue weighted by molar-refractivity contribution is 5.92. The van der Waals surface area contributed by atoms with E-state index in [0.717, 1.165) is 57.8 Å². The number of carbonyl (C=O) groups is 3. The van der Waals surface area contributed by atoms with Gasteiger partial charge in [-0.05, 0) is 19.3 Å². The fourth-order valence-electron chi connectivity index (χ4n) is 10.7. The largest absolute Gasteiger partial charge is 0.481 e. The van der Waals surface area contributed by atoms with Crippen LogP contribution in [0.3, 0.4) is 0 Å². The maximum absolute atomic E-state index is 13.6. The summed E-state index contributed by atoms with van der Waals surface area (Å²) in [6.07, 6.45) is 57.4. The number of ether oxygens (including phenoxy) is 1. The van der Waals surface area contributed by atoms with Crippen molar-refractivity contribution in [2.75, 3.05) is 6.61 Å². The standard InChI is InChI=1S/C60H116O7/c1-4-7-10-13-16-19-22-25-28-31-34-37-40-43-46-49-52-59(57(63)64,53-50-47-44-41-38-35-32-29-26-23-20-17-14-11-8-5-2)60(58(65)66,55-56(61)62)67-54-51-48-45-42-39-36-33-30-27-24-21-18-15-12-9-6-3/h4-55H2,1-3H3,(H,61,62)(H,63,64)(H,65,66). The van der Waals surface area contributed by atoms with Crippen LogP contribution in [0.5, 0.6) is 0 Å². The van der Waals surface area contributed by atoms with Gasteiger partial charge in [0.25, 0.3) is 0 Å². The highest BCUT2D eigenvalue weighted by atomic mass is 16.5. The molecule has 0 rings (SSSR count). The highest BCUT2D eigenvalue weighted by Gasteiger charge is 2.63. The molecular formula is C60H116O7. The minimum absolute atomic E-state index is 0.0605. The Labute approximate surface area is 416 Å². The second kappa shape index (κ2) is 49.4. The summed E-state index contributed by atoms with van der Waals surface area (Å²) in [4.78, 5) is 39.5. The van der Waals surface area contributed by atoms with Gasteiger partial charge in [-0.15, -0.1) is 0 Å². The summed E-state index contributed by atoms with van der Waals surface area (Å²) in [5, 5.41) is 32.2. The van der Waals surface area contributed by atoms with E-state index in [1.165, 1.54) is 231 Å². The third kappa shape index (κ3) is 36.9. The van der Waals surface area contributed by atoms with Crippen molar-refractivity contribution >= 4 is 17.9 Å². The third-order valence-electron chi connectivity index (χ3n) is 15.2. The molecule has 0 aromatic heterocycles. The van der Waals surface area contributed by atoms with Gasteiger partial charge in [0.15, 0.2) is 5.60 Å². The molecule has 0 aromatic carbocycles. The minimum atomic E-state index is -2.31. The molecule has 0 saturated heterocycles. The molecule has 0 fully saturated rings. The smallest absolute Gasteiger partial charge is 0.337 e. The van der Waals surface area contributed by atoms with E-state index >= 15 is 0 Å². The number of rotatable bonds is 57. The highest BCUT2D eigenvalue weighted by Crippen LogP contribution is 2.47. The van der Waals surface area contributed by atoms with E-state index in [4.69, 9.17) is 4.74 Å². The molecular weight excluding hydrogens is 833 g/mol. The predicted molar refractivity (Wildman–Crippen MR) is 287 cm³/mol. The van der Waals surface area contributed by atoms with Crippen LogP contribution >= 0.6 is 0 Å². The minimum Gasteiger partial charge on any atom is -0.481 e. The van der Waals surface area contributed by atoms with Crippen molar-refractivity contribution in [1.29, 1.82) is 0 Å². The molecule has 0 spiro atoms. The number of carboxylic acids is 3. The van der Waals surface area contributed by atoms with E-state index in [0.29, 0.717) is 19.3 Å². The number of aliphatic carboxylic acids is 3. The van der Waals surface area contributed by atoms with Crippen molar-refractivity contribution < 1.29 is 34.4 Å². The Morgan fingerprint density at radius 3 is 0.701 bits per heavy atom. The van der Waals surface area contributed by atoms with Gasteiger partial charge in [0.1, 0.15) is 5.41 Å². The lowest BCUT2D eigenvalue weighted by Gasteiger charge is -2.44. The normalized spacial score (nSPS) is 12.8. The predicted octanol–water partition coefficient (Wildman–Crippen LogP) is 19.9. The van der Waals surface area contributed by atoms with Crippen molar-refractivity contribution in [2.45, 2.75) is 354 Å². The second-order valence-corrected chi connectivity index (χ2v) is 21.3. The lowest BCUT2D eigenvalue weighted by atomic mass is 9.63. The van der Waals surface area contributed by atoms with Crippen LogP contribution in [0.15, 0.2) is 0 Å². The van der Waals surface area contributed by atoms with Gasteiger partial charge in [0, 0.05) is 6.61 Å². The first kappa shape index (κ1) is 65.4. The van der Waals surface area contributed by atoms with Gasteiger partial charge in [0.2, 0.25) is 0 Å². The van der Waals surface area contributed by atoms with Crippen LogP contribution in [0.4, 0.5) is 0 Å². The summed E-state index contributed by atoms with van der Waals surface area (Å²) < 4.78 is 6.25. The Kier molecular flexibility index (Phi) is 48.2. The Morgan fingerprint density at radius 1 is 0.299 bits per heavy atom. The van der Waals surface area contributed by atoms with E-state index in [2.05, 4.69) is 20.8 Å². The van der Waals surface area contributed by atoms with Gasteiger partial charge in [-0.25, -0.2) is 4.79 Å². The molecule has 1 unspecified atom stereocenters. The summed E-state index contributed by atoms with van der Waals surface area (Å²) >= 11 is 0. The van der Waals surface area contributed by atoms with E-state index < -0.39 is 35.3 Å². The third-order valence-corrected chi connectivity index (χ3v) is 15.2. The number of hydrogen-bond acceptors (Lipinski definition) is 4. The molecule has 7 nitrogen and oxygen atoms in total. The molecule has 3 N–H and O–H groups in total. The van der Waals surface area contributed by atoms with E-state index in [9.17, 15) is 29.7 Å². The molecule has 0 aliphatic rings. The molecule has 0 amide bonds. The summed E-state index contributed by atoms with van der Waals surface area (Å²) in [5.74, 6) is -3.98. The van der Waals surface area contributed by atoms with Gasteiger partial charge in [-0.3, -0.25) is 9.59 Å². The maximum atomic E-state index is 13.6. The van der Waals surface area contributed by atoms with Gasteiger partial charge in [0.05, 0.1) is 6.42 Å². The van der Waals surface area contributed by atoms with Crippen molar-refractivity contribution in [3.05, 3.63) is 0 Å². The van der Waals surface area contributed by atoms with Crippen LogP contribution in [-0.2, 0) is 19.1 Å². The van der Waals surface area contributed by atoms with Crippen LogP contribution in [0.25, 0.3) is 0 Å². The SMILES string of the molecule is CCCCCCCCCCCCCCCCCCOC(CC(=O)O)(C(=O)O)C(CCCCCCCCCCCCCCCCCC)(CCCCCCCCCCCCCCCCCC)C(=O)O. The van der Waals surface area contributed by atoms with Crippen LogP contribution < -0.4 is 0 Å². The number of hydrogen-bond donors (Lipinski definition) is 3. The second-order valence-electron chi connectivity index (χ2n) is 21.3. The molecule has 0 aliphatic carbocycles. The zero-order valence-electron chi connectivity index (χ0n) is 45.2. The molecule has 398 valence electrons. The molecule has 7 heteroatoms. The first-order chi connectivity index (χ1) is 32.7. The molecule has 0 aliphatic heterocycles. The lowest BCUT2D eigenvalue weighted by molar-refractivity contribution is -0.208. The molecule has 0 aromatic rings.